The Morgan fingerprint density at radius 1 is 1.22 bits per heavy atom. The van der Waals surface area contributed by atoms with Crippen molar-refractivity contribution in [2.45, 2.75) is 13.8 Å². The number of hydrogen-bond donors (Lipinski definition) is 3. The Hall–Kier alpha value is -3.02. The van der Waals surface area contributed by atoms with E-state index in [-0.39, 0.29) is 5.75 Å². The average Bonchev–Trinajstić information content (AvgIpc) is 2.53. The molecule has 0 unspecified atom stereocenters. The van der Waals surface area contributed by atoms with Crippen LogP contribution in [0, 0.1) is 13.8 Å². The highest BCUT2D eigenvalue weighted by Crippen LogP contribution is 2.23. The van der Waals surface area contributed by atoms with Crippen LogP contribution >= 0.6 is 0 Å². The zero-order valence-corrected chi connectivity index (χ0v) is 13.3. The standard InChI is InChI=1S/C17H19N3O3/c1-11-8-13(9-12(2)16(11)21)10-18-20-17(22)19-14-6-4-5-7-15(14)23-3/h4-10,21H,1-3H3,(H2,19,20,22). The molecule has 0 saturated carbocycles. The summed E-state index contributed by atoms with van der Waals surface area (Å²) in [6.07, 6.45) is 1.52. The molecule has 0 saturated heterocycles. The third-order valence-electron chi connectivity index (χ3n) is 3.25. The van der Waals surface area contributed by atoms with Gasteiger partial charge in [-0.2, -0.15) is 5.10 Å². The van der Waals surface area contributed by atoms with Crippen molar-refractivity contribution in [3.63, 3.8) is 0 Å². The van der Waals surface area contributed by atoms with Crippen LogP contribution in [0.5, 0.6) is 11.5 Å². The number of nitrogens with one attached hydrogen (secondary N) is 2. The molecule has 120 valence electrons. The summed E-state index contributed by atoms with van der Waals surface area (Å²) >= 11 is 0. The number of hydrazone groups is 1. The molecule has 3 N–H and O–H groups in total. The van der Waals surface area contributed by atoms with Gasteiger partial charge in [-0.25, -0.2) is 10.2 Å². The van der Waals surface area contributed by atoms with E-state index < -0.39 is 6.03 Å². The second-order valence-electron chi connectivity index (χ2n) is 5.03. The average molecular weight is 313 g/mol. The highest BCUT2D eigenvalue weighted by atomic mass is 16.5. The van der Waals surface area contributed by atoms with E-state index in [9.17, 15) is 9.90 Å². The number of ether oxygens (including phenoxy) is 1. The number of aryl methyl sites for hydroxylation is 2. The number of carbonyl (C=O) groups is 1. The Morgan fingerprint density at radius 2 is 1.87 bits per heavy atom. The number of anilines is 1. The van der Waals surface area contributed by atoms with Crippen LogP contribution < -0.4 is 15.5 Å². The summed E-state index contributed by atoms with van der Waals surface area (Å²) in [7, 11) is 1.53. The van der Waals surface area contributed by atoms with E-state index in [4.69, 9.17) is 4.74 Å². The van der Waals surface area contributed by atoms with Crippen molar-refractivity contribution in [2.24, 2.45) is 5.10 Å². The molecule has 2 rings (SSSR count). The van der Waals surface area contributed by atoms with E-state index in [1.54, 1.807) is 30.3 Å². The number of aromatic hydroxyl groups is 1. The number of benzene rings is 2. The summed E-state index contributed by atoms with van der Waals surface area (Å²) in [5, 5.41) is 16.3. The van der Waals surface area contributed by atoms with Crippen LogP contribution in [0.3, 0.4) is 0 Å². The number of para-hydroxylation sites is 2. The zero-order valence-electron chi connectivity index (χ0n) is 13.3. The Balaban J connectivity index is 1.99. The summed E-state index contributed by atoms with van der Waals surface area (Å²) in [5.41, 5.74) is 5.24. The maximum absolute atomic E-state index is 11.8. The molecule has 0 aromatic heterocycles. The monoisotopic (exact) mass is 313 g/mol. The van der Waals surface area contributed by atoms with Gasteiger partial charge in [0.25, 0.3) is 0 Å². The molecule has 23 heavy (non-hydrogen) atoms. The first-order chi connectivity index (χ1) is 11.0. The lowest BCUT2D eigenvalue weighted by Gasteiger charge is -2.09. The maximum atomic E-state index is 11.8. The van der Waals surface area contributed by atoms with Crippen molar-refractivity contribution in [1.29, 1.82) is 0 Å². The molecular formula is C17H19N3O3. The lowest BCUT2D eigenvalue weighted by Crippen LogP contribution is -2.24. The lowest BCUT2D eigenvalue weighted by molar-refractivity contribution is 0.252. The molecule has 0 fully saturated rings. The molecule has 6 nitrogen and oxygen atoms in total. The molecule has 0 aliphatic carbocycles. The van der Waals surface area contributed by atoms with Gasteiger partial charge in [0.15, 0.2) is 0 Å². The minimum absolute atomic E-state index is 0.268. The normalized spacial score (nSPS) is 10.6. The minimum atomic E-state index is -0.474. The molecule has 0 spiro atoms. The predicted molar refractivity (Wildman–Crippen MR) is 90.3 cm³/mol. The van der Waals surface area contributed by atoms with Crippen molar-refractivity contribution in [1.82, 2.24) is 5.43 Å². The highest BCUT2D eigenvalue weighted by Gasteiger charge is 2.05. The summed E-state index contributed by atoms with van der Waals surface area (Å²) in [6.45, 7) is 3.61. The Labute approximate surface area is 134 Å². The largest absolute Gasteiger partial charge is 0.507 e. The number of phenols is 1. The molecule has 2 aromatic rings. The van der Waals surface area contributed by atoms with Crippen molar-refractivity contribution in [3.8, 4) is 11.5 Å². The first-order valence-corrected chi connectivity index (χ1v) is 7.04. The number of carbonyl (C=O) groups excluding carboxylic acids is 1. The van der Waals surface area contributed by atoms with E-state index in [0.717, 1.165) is 16.7 Å². The van der Waals surface area contributed by atoms with Crippen molar-refractivity contribution in [3.05, 3.63) is 53.1 Å². The molecule has 0 heterocycles. The zero-order chi connectivity index (χ0) is 16.8. The summed E-state index contributed by atoms with van der Waals surface area (Å²) in [4.78, 5) is 11.8. The van der Waals surface area contributed by atoms with E-state index in [1.165, 1.54) is 13.3 Å². The predicted octanol–water partition coefficient (Wildman–Crippen LogP) is 3.17. The van der Waals surface area contributed by atoms with Crippen LogP contribution in [0.1, 0.15) is 16.7 Å². The van der Waals surface area contributed by atoms with Crippen molar-refractivity contribution < 1.29 is 14.6 Å². The highest BCUT2D eigenvalue weighted by molar-refractivity contribution is 5.91. The summed E-state index contributed by atoms with van der Waals surface area (Å²) < 4.78 is 5.15. The van der Waals surface area contributed by atoms with Gasteiger partial charge in [0.1, 0.15) is 11.5 Å². The summed E-state index contributed by atoms with van der Waals surface area (Å²) in [5.74, 6) is 0.834. The lowest BCUT2D eigenvalue weighted by atomic mass is 10.1. The van der Waals surface area contributed by atoms with E-state index in [2.05, 4.69) is 15.8 Å². The van der Waals surface area contributed by atoms with E-state index in [0.29, 0.717) is 11.4 Å². The van der Waals surface area contributed by atoms with Gasteiger partial charge < -0.3 is 15.2 Å². The van der Waals surface area contributed by atoms with Crippen LogP contribution in [-0.2, 0) is 0 Å². The van der Waals surface area contributed by atoms with E-state index in [1.807, 2.05) is 19.9 Å². The molecule has 0 aliphatic heterocycles. The smallest absolute Gasteiger partial charge is 0.339 e. The van der Waals surface area contributed by atoms with Gasteiger partial charge in [-0.1, -0.05) is 12.1 Å². The Bertz CT molecular complexity index is 719. The fourth-order valence-electron chi connectivity index (χ4n) is 2.13. The van der Waals surface area contributed by atoms with Gasteiger partial charge in [-0.15, -0.1) is 0 Å². The minimum Gasteiger partial charge on any atom is -0.507 e. The third-order valence-corrected chi connectivity index (χ3v) is 3.25. The second kappa shape index (κ2) is 7.31. The first kappa shape index (κ1) is 16.4. The Kier molecular flexibility index (Phi) is 5.19. The molecule has 0 radical (unpaired) electrons. The molecule has 0 aliphatic rings. The number of rotatable bonds is 4. The van der Waals surface area contributed by atoms with Crippen LogP contribution in [0.4, 0.5) is 10.5 Å². The van der Waals surface area contributed by atoms with Crippen LogP contribution in [0.2, 0.25) is 0 Å². The quantitative estimate of drug-likeness (QED) is 0.599. The van der Waals surface area contributed by atoms with Gasteiger partial charge in [-0.3, -0.25) is 0 Å². The van der Waals surface area contributed by atoms with Crippen LogP contribution in [0.15, 0.2) is 41.5 Å². The van der Waals surface area contributed by atoms with E-state index >= 15 is 0 Å². The van der Waals surface area contributed by atoms with Gasteiger partial charge in [0.05, 0.1) is 19.0 Å². The molecule has 6 heteroatoms. The summed E-state index contributed by atoms with van der Waals surface area (Å²) in [6, 6.07) is 10.2. The topological polar surface area (TPSA) is 83.0 Å². The van der Waals surface area contributed by atoms with Crippen molar-refractivity contribution >= 4 is 17.9 Å². The molecular weight excluding hydrogens is 294 g/mol. The van der Waals surface area contributed by atoms with Gasteiger partial charge in [0.2, 0.25) is 0 Å². The number of urea groups is 1. The molecule has 2 amide bonds. The fraction of sp³-hybridized carbons (Fsp3) is 0.176. The number of phenolic OH excluding ortho intramolecular Hbond substituents is 1. The number of hydrogen-bond acceptors (Lipinski definition) is 4. The molecule has 0 bridgehead atoms. The number of amides is 2. The number of methoxy groups -OCH3 is 1. The number of nitrogens with zero attached hydrogens (tertiary/aromatic N) is 1. The van der Waals surface area contributed by atoms with Gasteiger partial charge >= 0.3 is 6.03 Å². The molecule has 2 aromatic carbocycles. The van der Waals surface area contributed by atoms with Crippen LogP contribution in [-0.4, -0.2) is 24.5 Å². The fourth-order valence-corrected chi connectivity index (χ4v) is 2.13. The SMILES string of the molecule is COc1ccccc1NC(=O)NN=Cc1cc(C)c(O)c(C)c1. The third kappa shape index (κ3) is 4.23. The Morgan fingerprint density at radius 3 is 2.52 bits per heavy atom. The van der Waals surface area contributed by atoms with Crippen LogP contribution in [0.25, 0.3) is 0 Å². The van der Waals surface area contributed by atoms with Gasteiger partial charge in [0, 0.05) is 0 Å². The molecule has 0 atom stereocenters. The van der Waals surface area contributed by atoms with Gasteiger partial charge in [-0.05, 0) is 54.8 Å². The van der Waals surface area contributed by atoms with Crippen molar-refractivity contribution in [2.75, 3.05) is 12.4 Å². The maximum Gasteiger partial charge on any atom is 0.339 e. The second-order valence-corrected chi connectivity index (χ2v) is 5.03. The first-order valence-electron chi connectivity index (χ1n) is 7.04.